The Hall–Kier alpha value is -3.96. The molecule has 0 saturated heterocycles. The average Bonchev–Trinajstić information content (AvgIpc) is 3.17. The van der Waals surface area contributed by atoms with Crippen molar-refractivity contribution in [3.63, 3.8) is 0 Å². The van der Waals surface area contributed by atoms with Crippen molar-refractivity contribution in [2.24, 2.45) is 5.10 Å². The zero-order valence-corrected chi connectivity index (χ0v) is 15.8. The van der Waals surface area contributed by atoms with E-state index in [2.05, 4.69) is 21.6 Å². The highest BCUT2D eigenvalue weighted by Gasteiger charge is 2.11. The topological polar surface area (TPSA) is 121 Å². The van der Waals surface area contributed by atoms with E-state index in [0.717, 1.165) is 11.3 Å². The molecule has 29 heavy (non-hydrogen) atoms. The minimum absolute atomic E-state index is 0.178. The van der Waals surface area contributed by atoms with Gasteiger partial charge in [0.25, 0.3) is 0 Å². The zero-order chi connectivity index (χ0) is 20.8. The summed E-state index contributed by atoms with van der Waals surface area (Å²) in [5.74, 6) is 0.299. The van der Waals surface area contributed by atoms with Crippen LogP contribution < -0.4 is 5.43 Å². The number of nitrogens with zero attached hydrogens (tertiary/aromatic N) is 3. The first-order valence-corrected chi connectivity index (χ1v) is 8.64. The Morgan fingerprint density at radius 1 is 1.38 bits per heavy atom. The Morgan fingerprint density at radius 3 is 2.93 bits per heavy atom. The van der Waals surface area contributed by atoms with Crippen LogP contribution in [0.1, 0.15) is 32.9 Å². The summed E-state index contributed by atoms with van der Waals surface area (Å²) >= 11 is 0. The highest BCUT2D eigenvalue weighted by molar-refractivity contribution is 5.89. The molecule has 146 valence electrons. The van der Waals surface area contributed by atoms with Crippen LogP contribution in [0.2, 0.25) is 0 Å². The van der Waals surface area contributed by atoms with E-state index in [-0.39, 0.29) is 5.56 Å². The van der Waals surface area contributed by atoms with Crippen molar-refractivity contribution in [1.82, 2.24) is 4.98 Å². The molecule has 0 radical (unpaired) electrons. The number of rotatable bonds is 7. The second-order valence-corrected chi connectivity index (χ2v) is 6.15. The molecule has 2 N–H and O–H groups in total. The number of carboxylic acids is 1. The van der Waals surface area contributed by atoms with Gasteiger partial charge in [-0.1, -0.05) is 12.1 Å². The van der Waals surface area contributed by atoms with Crippen LogP contribution in [0.3, 0.4) is 0 Å². The predicted octanol–water partition coefficient (Wildman–Crippen LogP) is 3.81. The van der Waals surface area contributed by atoms with E-state index < -0.39 is 5.97 Å². The third-order valence-corrected chi connectivity index (χ3v) is 4.02. The van der Waals surface area contributed by atoms with Crippen LogP contribution in [0.5, 0.6) is 0 Å². The molecule has 0 spiro atoms. The van der Waals surface area contributed by atoms with Gasteiger partial charge in [0.1, 0.15) is 23.2 Å². The number of carboxylic acid groups (broad SMARTS) is 1. The maximum absolute atomic E-state index is 11.1. The van der Waals surface area contributed by atoms with Crippen LogP contribution >= 0.6 is 0 Å². The Morgan fingerprint density at radius 2 is 2.21 bits per heavy atom. The number of hydrogen-bond donors (Lipinski definition) is 2. The van der Waals surface area contributed by atoms with Crippen molar-refractivity contribution < 1.29 is 19.1 Å². The van der Waals surface area contributed by atoms with Crippen LogP contribution in [-0.4, -0.2) is 29.4 Å². The second kappa shape index (κ2) is 8.82. The molecule has 0 unspecified atom stereocenters. The summed E-state index contributed by atoms with van der Waals surface area (Å²) in [5.41, 5.74) is 5.40. The number of pyridine rings is 1. The molecule has 0 atom stereocenters. The average molecular weight is 390 g/mol. The summed E-state index contributed by atoms with van der Waals surface area (Å²) in [6.07, 6.45) is 1.45. The van der Waals surface area contributed by atoms with Gasteiger partial charge < -0.3 is 14.3 Å². The molecule has 0 fully saturated rings. The number of furan rings is 1. The molecule has 0 saturated carbocycles. The van der Waals surface area contributed by atoms with Gasteiger partial charge in [-0.3, -0.25) is 5.43 Å². The Labute approximate surface area is 167 Å². The van der Waals surface area contributed by atoms with Crippen molar-refractivity contribution >= 4 is 18.0 Å². The summed E-state index contributed by atoms with van der Waals surface area (Å²) < 4.78 is 10.8. The molecule has 1 aromatic carbocycles. The van der Waals surface area contributed by atoms with Crippen molar-refractivity contribution in [3.8, 4) is 17.4 Å². The van der Waals surface area contributed by atoms with Crippen LogP contribution in [0, 0.1) is 18.3 Å². The molecule has 8 heteroatoms. The highest BCUT2D eigenvalue weighted by Crippen LogP contribution is 2.23. The molecule has 8 nitrogen and oxygen atoms in total. The molecule has 0 aliphatic heterocycles. The summed E-state index contributed by atoms with van der Waals surface area (Å²) in [6, 6.07) is 13.8. The van der Waals surface area contributed by atoms with Crippen LogP contribution in [0.4, 0.5) is 5.82 Å². The molecule has 0 bridgehead atoms. The number of anilines is 1. The number of benzene rings is 1. The lowest BCUT2D eigenvalue weighted by molar-refractivity contribution is 0.0697. The van der Waals surface area contributed by atoms with E-state index in [4.69, 9.17) is 14.3 Å². The van der Waals surface area contributed by atoms with E-state index in [1.807, 2.05) is 6.92 Å². The third kappa shape index (κ3) is 4.66. The fraction of sp³-hybridized carbons (Fsp3) is 0.143. The molecular formula is C21H18N4O4. The molecule has 0 amide bonds. The van der Waals surface area contributed by atoms with Gasteiger partial charge in [-0.25, -0.2) is 9.78 Å². The number of aromatic carboxylic acids is 1. The number of aromatic nitrogens is 1. The van der Waals surface area contributed by atoms with Crippen LogP contribution in [0.15, 0.2) is 52.0 Å². The van der Waals surface area contributed by atoms with E-state index in [1.165, 1.54) is 18.3 Å². The lowest BCUT2D eigenvalue weighted by atomic mass is 10.1. The van der Waals surface area contributed by atoms with Crippen molar-refractivity contribution in [2.75, 3.05) is 12.5 Å². The monoisotopic (exact) mass is 390 g/mol. The smallest absolute Gasteiger partial charge is 0.335 e. The largest absolute Gasteiger partial charge is 0.478 e. The van der Waals surface area contributed by atoms with Gasteiger partial charge in [-0.05, 0) is 37.3 Å². The van der Waals surface area contributed by atoms with Crippen molar-refractivity contribution in [1.29, 1.82) is 5.26 Å². The lowest BCUT2D eigenvalue weighted by Crippen LogP contribution is -2.03. The number of nitrogens with one attached hydrogen (secondary N) is 1. The van der Waals surface area contributed by atoms with Crippen molar-refractivity contribution in [2.45, 2.75) is 13.5 Å². The Balaban J connectivity index is 1.78. The number of hydrazone groups is 1. The minimum atomic E-state index is -1.00. The highest BCUT2D eigenvalue weighted by atomic mass is 16.5. The molecule has 3 aromatic rings. The van der Waals surface area contributed by atoms with Gasteiger partial charge in [-0.2, -0.15) is 10.4 Å². The van der Waals surface area contributed by atoms with Gasteiger partial charge in [-0.15, -0.1) is 0 Å². The molecular weight excluding hydrogens is 372 g/mol. The summed E-state index contributed by atoms with van der Waals surface area (Å²) in [7, 11) is 1.56. The zero-order valence-electron chi connectivity index (χ0n) is 15.8. The van der Waals surface area contributed by atoms with E-state index in [1.54, 1.807) is 37.4 Å². The summed E-state index contributed by atoms with van der Waals surface area (Å²) in [6.45, 7) is 2.11. The van der Waals surface area contributed by atoms with Crippen LogP contribution in [0.25, 0.3) is 11.3 Å². The number of nitriles is 1. The van der Waals surface area contributed by atoms with Gasteiger partial charge in [0.2, 0.25) is 0 Å². The van der Waals surface area contributed by atoms with Crippen molar-refractivity contribution in [3.05, 3.63) is 70.6 Å². The van der Waals surface area contributed by atoms with Gasteiger partial charge in [0, 0.05) is 23.9 Å². The van der Waals surface area contributed by atoms with Crippen LogP contribution in [-0.2, 0) is 11.3 Å². The maximum atomic E-state index is 11.1. The number of carbonyl (C=O) groups is 1. The fourth-order valence-electron chi connectivity index (χ4n) is 2.76. The maximum Gasteiger partial charge on any atom is 0.335 e. The first-order chi connectivity index (χ1) is 14.0. The second-order valence-electron chi connectivity index (χ2n) is 6.15. The molecule has 3 rings (SSSR count). The molecule has 0 aliphatic carbocycles. The number of methoxy groups -OCH3 is 1. The van der Waals surface area contributed by atoms with E-state index in [9.17, 15) is 10.1 Å². The molecule has 2 aromatic heterocycles. The van der Waals surface area contributed by atoms with Gasteiger partial charge in [0.05, 0.1) is 18.4 Å². The predicted molar refractivity (Wildman–Crippen MR) is 107 cm³/mol. The van der Waals surface area contributed by atoms with Gasteiger partial charge >= 0.3 is 5.97 Å². The minimum Gasteiger partial charge on any atom is -0.478 e. The fourth-order valence-corrected chi connectivity index (χ4v) is 2.76. The number of ether oxygens (including phenoxy) is 1. The third-order valence-electron chi connectivity index (χ3n) is 4.02. The number of hydrogen-bond acceptors (Lipinski definition) is 7. The summed E-state index contributed by atoms with van der Waals surface area (Å²) in [4.78, 5) is 15.4. The standard InChI is InChI=1S/C21H18N4O4/c1-13-8-16(12-28-2)18(10-22)20(24-13)25-23-11-17-6-7-19(29-17)14-4-3-5-15(9-14)21(26)27/h3-9,11H,12H2,1-2H3,(H,24,25)(H,26,27). The Bertz CT molecular complexity index is 1110. The Kier molecular flexibility index (Phi) is 6.02. The first kappa shape index (κ1) is 19.8. The number of aryl methyl sites for hydroxylation is 1. The van der Waals surface area contributed by atoms with E-state index in [0.29, 0.717) is 35.1 Å². The first-order valence-electron chi connectivity index (χ1n) is 8.64. The van der Waals surface area contributed by atoms with E-state index >= 15 is 0 Å². The summed E-state index contributed by atoms with van der Waals surface area (Å²) in [5, 5.41) is 22.6. The lowest BCUT2D eigenvalue weighted by Gasteiger charge is -2.08. The van der Waals surface area contributed by atoms with Gasteiger partial charge in [0.15, 0.2) is 5.82 Å². The quantitative estimate of drug-likeness (QED) is 0.465. The molecule has 0 aliphatic rings. The normalized spacial score (nSPS) is 10.8. The molecule has 2 heterocycles. The SMILES string of the molecule is COCc1cc(C)nc(NN=Cc2ccc(-c3cccc(C(=O)O)c3)o2)c1C#N.